The third-order valence-electron chi connectivity index (χ3n) is 8.32. The molecule has 2 saturated carbocycles. The topological polar surface area (TPSA) is 66.8 Å². The van der Waals surface area contributed by atoms with Crippen LogP contribution in [0.4, 0.5) is 0 Å². The third-order valence-corrected chi connectivity index (χ3v) is 8.32. The first kappa shape index (κ1) is 18.8. The Kier molecular flexibility index (Phi) is 4.74. The molecule has 3 aliphatic rings. The first-order valence-corrected chi connectivity index (χ1v) is 10.5. The van der Waals surface area contributed by atoms with E-state index < -0.39 is 11.6 Å². The Hall–Kier alpha value is -1.55. The SMILES string of the molecule is CC[C@]12CC[C@@H]3c4ccc(OC)cc4CC[C@H]3[C@@H]1CC[C@]2(O)CCC(=O)O. The molecular weight excluding hydrogens is 340 g/mol. The summed E-state index contributed by atoms with van der Waals surface area (Å²) in [5.41, 5.74) is 2.00. The number of carboxylic acid groups (broad SMARTS) is 1. The highest BCUT2D eigenvalue weighted by Gasteiger charge is 2.62. The van der Waals surface area contributed by atoms with Gasteiger partial charge in [0, 0.05) is 11.8 Å². The molecule has 4 nitrogen and oxygen atoms in total. The molecule has 4 heteroatoms. The number of hydrogen-bond donors (Lipinski definition) is 2. The molecule has 0 heterocycles. The van der Waals surface area contributed by atoms with Crippen LogP contribution in [-0.4, -0.2) is 28.9 Å². The van der Waals surface area contributed by atoms with Crippen molar-refractivity contribution in [3.63, 3.8) is 0 Å². The lowest BCUT2D eigenvalue weighted by molar-refractivity contribution is -0.145. The Balaban J connectivity index is 1.64. The summed E-state index contributed by atoms with van der Waals surface area (Å²) < 4.78 is 5.41. The molecule has 148 valence electrons. The van der Waals surface area contributed by atoms with Gasteiger partial charge in [0.05, 0.1) is 12.7 Å². The Morgan fingerprint density at radius 2 is 2.07 bits per heavy atom. The Morgan fingerprint density at radius 3 is 2.78 bits per heavy atom. The first-order chi connectivity index (χ1) is 12.9. The van der Waals surface area contributed by atoms with Gasteiger partial charge in [-0.25, -0.2) is 0 Å². The van der Waals surface area contributed by atoms with E-state index >= 15 is 0 Å². The number of ether oxygens (including phenoxy) is 1. The molecule has 0 bridgehead atoms. The monoisotopic (exact) mass is 372 g/mol. The predicted molar refractivity (Wildman–Crippen MR) is 104 cm³/mol. The molecule has 0 saturated heterocycles. The Labute approximate surface area is 161 Å². The summed E-state index contributed by atoms with van der Waals surface area (Å²) in [5.74, 6) is 1.84. The Morgan fingerprint density at radius 1 is 1.26 bits per heavy atom. The molecule has 2 N–H and O–H groups in total. The minimum Gasteiger partial charge on any atom is -0.497 e. The molecular formula is C23H32O4. The Bertz CT molecular complexity index is 729. The van der Waals surface area contributed by atoms with E-state index in [9.17, 15) is 9.90 Å². The largest absolute Gasteiger partial charge is 0.497 e. The van der Waals surface area contributed by atoms with Gasteiger partial charge in [-0.2, -0.15) is 0 Å². The van der Waals surface area contributed by atoms with Crippen molar-refractivity contribution in [1.29, 1.82) is 0 Å². The summed E-state index contributed by atoms with van der Waals surface area (Å²) in [6, 6.07) is 6.54. The minimum absolute atomic E-state index is 0.0711. The zero-order valence-corrected chi connectivity index (χ0v) is 16.5. The number of aliphatic carboxylic acids is 1. The van der Waals surface area contributed by atoms with Gasteiger partial charge in [-0.05, 0) is 92.4 Å². The van der Waals surface area contributed by atoms with Gasteiger partial charge in [0.1, 0.15) is 5.75 Å². The summed E-state index contributed by atoms with van der Waals surface area (Å²) >= 11 is 0. The molecule has 1 aromatic carbocycles. The van der Waals surface area contributed by atoms with Crippen LogP contribution in [0, 0.1) is 17.3 Å². The van der Waals surface area contributed by atoms with Gasteiger partial charge in [0.2, 0.25) is 0 Å². The summed E-state index contributed by atoms with van der Waals surface area (Å²) in [6.45, 7) is 2.20. The maximum Gasteiger partial charge on any atom is 0.303 e. The van der Waals surface area contributed by atoms with Crippen LogP contribution in [0.3, 0.4) is 0 Å². The van der Waals surface area contributed by atoms with Crippen molar-refractivity contribution in [2.75, 3.05) is 7.11 Å². The number of rotatable bonds is 5. The zero-order chi connectivity index (χ0) is 19.2. The van der Waals surface area contributed by atoms with Crippen LogP contribution in [0.1, 0.15) is 75.3 Å². The lowest BCUT2D eigenvalue weighted by Gasteiger charge is -2.55. The fourth-order valence-electron chi connectivity index (χ4n) is 7.07. The van der Waals surface area contributed by atoms with Gasteiger partial charge in [-0.3, -0.25) is 4.79 Å². The molecule has 0 aliphatic heterocycles. The number of aryl methyl sites for hydroxylation is 1. The van der Waals surface area contributed by atoms with Crippen LogP contribution in [0.15, 0.2) is 18.2 Å². The van der Waals surface area contributed by atoms with Gasteiger partial charge in [-0.1, -0.05) is 13.0 Å². The molecule has 0 aromatic heterocycles. The molecule has 0 unspecified atom stereocenters. The second kappa shape index (κ2) is 6.80. The van der Waals surface area contributed by atoms with Crippen molar-refractivity contribution < 1.29 is 19.7 Å². The van der Waals surface area contributed by atoms with E-state index in [0.29, 0.717) is 24.2 Å². The molecule has 1 aromatic rings. The van der Waals surface area contributed by atoms with Crippen LogP contribution in [0.25, 0.3) is 0 Å². The average molecular weight is 373 g/mol. The second-order valence-corrected chi connectivity index (χ2v) is 8.99. The molecule has 3 aliphatic carbocycles. The zero-order valence-electron chi connectivity index (χ0n) is 16.5. The third kappa shape index (κ3) is 2.79. The van der Waals surface area contributed by atoms with Crippen molar-refractivity contribution in [3.05, 3.63) is 29.3 Å². The number of aliphatic hydroxyl groups is 1. The average Bonchev–Trinajstić information content (AvgIpc) is 2.99. The number of carboxylic acids is 1. The van der Waals surface area contributed by atoms with E-state index in [1.54, 1.807) is 7.11 Å². The lowest BCUT2D eigenvalue weighted by atomic mass is 9.51. The minimum atomic E-state index is -0.810. The number of fused-ring (bicyclic) bond motifs is 5. The van der Waals surface area contributed by atoms with E-state index in [2.05, 4.69) is 25.1 Å². The standard InChI is InChI=1S/C23H32O4/c1-3-22-11-8-18-17-7-5-16(27-2)14-15(17)4-6-19(18)20(22)9-12-23(22,26)13-10-21(24)25/h5,7,14,18-20,26H,3-4,6,8-13H2,1-2H3,(H,24,25)/t18-,19-,20+,22+,23+/m1/s1. The lowest BCUT2D eigenvalue weighted by Crippen LogP contribution is -2.52. The van der Waals surface area contributed by atoms with Crippen LogP contribution in [0.2, 0.25) is 0 Å². The number of carbonyl (C=O) groups is 1. The fourth-order valence-corrected chi connectivity index (χ4v) is 7.07. The van der Waals surface area contributed by atoms with E-state index in [-0.39, 0.29) is 11.8 Å². The highest BCUT2D eigenvalue weighted by molar-refractivity contribution is 5.66. The smallest absolute Gasteiger partial charge is 0.303 e. The quantitative estimate of drug-likeness (QED) is 0.796. The molecule has 0 amide bonds. The summed E-state index contributed by atoms with van der Waals surface area (Å²) in [5, 5.41) is 20.7. The molecule has 0 radical (unpaired) electrons. The van der Waals surface area contributed by atoms with Crippen LogP contribution < -0.4 is 4.74 Å². The maximum absolute atomic E-state index is 11.6. The number of benzene rings is 1. The molecule has 4 rings (SSSR count). The fraction of sp³-hybridized carbons (Fsp3) is 0.696. The highest BCUT2D eigenvalue weighted by atomic mass is 16.5. The van der Waals surface area contributed by atoms with Crippen molar-refractivity contribution in [1.82, 2.24) is 0 Å². The maximum atomic E-state index is 11.6. The van der Waals surface area contributed by atoms with E-state index in [1.165, 1.54) is 17.5 Å². The highest BCUT2D eigenvalue weighted by Crippen LogP contribution is 2.66. The molecule has 0 spiro atoms. The van der Waals surface area contributed by atoms with Crippen molar-refractivity contribution in [2.45, 2.75) is 76.2 Å². The van der Waals surface area contributed by atoms with Gasteiger partial charge in [0.25, 0.3) is 0 Å². The van der Waals surface area contributed by atoms with Gasteiger partial charge in [0.15, 0.2) is 0 Å². The summed E-state index contributed by atoms with van der Waals surface area (Å²) in [7, 11) is 1.72. The van der Waals surface area contributed by atoms with Crippen molar-refractivity contribution in [2.24, 2.45) is 17.3 Å². The van der Waals surface area contributed by atoms with E-state index in [4.69, 9.17) is 9.84 Å². The van der Waals surface area contributed by atoms with Gasteiger partial charge < -0.3 is 14.9 Å². The second-order valence-electron chi connectivity index (χ2n) is 8.99. The normalized spacial score (nSPS) is 37.2. The van der Waals surface area contributed by atoms with Crippen molar-refractivity contribution in [3.8, 4) is 5.75 Å². The van der Waals surface area contributed by atoms with E-state index in [0.717, 1.165) is 44.3 Å². The van der Waals surface area contributed by atoms with Crippen LogP contribution in [0.5, 0.6) is 5.75 Å². The number of methoxy groups -OCH3 is 1. The summed E-state index contributed by atoms with van der Waals surface area (Å²) in [6.07, 6.45) is 7.59. The molecule has 5 atom stereocenters. The van der Waals surface area contributed by atoms with E-state index in [1.807, 2.05) is 0 Å². The van der Waals surface area contributed by atoms with Gasteiger partial charge in [-0.15, -0.1) is 0 Å². The number of hydrogen-bond acceptors (Lipinski definition) is 3. The molecule has 2 fully saturated rings. The molecule has 27 heavy (non-hydrogen) atoms. The predicted octanol–water partition coefficient (Wildman–Crippen LogP) is 4.54. The van der Waals surface area contributed by atoms with Crippen molar-refractivity contribution >= 4 is 5.97 Å². The van der Waals surface area contributed by atoms with Crippen LogP contribution in [-0.2, 0) is 11.2 Å². The van der Waals surface area contributed by atoms with Gasteiger partial charge >= 0.3 is 5.97 Å². The van der Waals surface area contributed by atoms with Crippen LogP contribution >= 0.6 is 0 Å². The first-order valence-electron chi connectivity index (χ1n) is 10.5. The summed E-state index contributed by atoms with van der Waals surface area (Å²) in [4.78, 5) is 11.1.